The van der Waals surface area contributed by atoms with Crippen LogP contribution in [-0.2, 0) is 5.66 Å². The van der Waals surface area contributed by atoms with E-state index in [1.54, 1.807) is 11.8 Å². The molecule has 2 heterocycles. The summed E-state index contributed by atoms with van der Waals surface area (Å²) in [6, 6.07) is 16.4. The van der Waals surface area contributed by atoms with Crippen LogP contribution >= 0.6 is 11.8 Å². The van der Waals surface area contributed by atoms with E-state index in [0.717, 1.165) is 29.8 Å². The summed E-state index contributed by atoms with van der Waals surface area (Å²) in [7, 11) is 0. The summed E-state index contributed by atoms with van der Waals surface area (Å²) in [6.07, 6.45) is 2.07. The molecule has 1 atom stereocenters. The fraction of sp³-hybridized carbons (Fsp3) is 0.235. The molecule has 21 heavy (non-hydrogen) atoms. The standard InChI is InChI=1S/C17H16N2OS/c1-21-13-6-4-5-12(11-13)17-15-8-3-2-7-14(15)16(20)19(17)10-9-18-17/h2-8,11,18H,9-10H2,1H3. The first kappa shape index (κ1) is 12.9. The second-order valence-corrected chi connectivity index (χ2v) is 6.25. The summed E-state index contributed by atoms with van der Waals surface area (Å²) in [5, 5.41) is 3.58. The fourth-order valence-electron chi connectivity index (χ4n) is 3.50. The molecule has 2 aliphatic rings. The number of hydrogen-bond donors (Lipinski definition) is 1. The zero-order chi connectivity index (χ0) is 14.4. The molecule has 0 spiro atoms. The van der Waals surface area contributed by atoms with E-state index in [0.29, 0.717) is 0 Å². The summed E-state index contributed by atoms with van der Waals surface area (Å²) in [6.45, 7) is 1.57. The van der Waals surface area contributed by atoms with Gasteiger partial charge in [-0.05, 0) is 30.0 Å². The smallest absolute Gasteiger partial charge is 0.256 e. The van der Waals surface area contributed by atoms with Crippen molar-refractivity contribution in [2.75, 3.05) is 19.3 Å². The van der Waals surface area contributed by atoms with E-state index in [4.69, 9.17) is 0 Å². The van der Waals surface area contributed by atoms with Crippen molar-refractivity contribution < 1.29 is 4.79 Å². The lowest BCUT2D eigenvalue weighted by Crippen LogP contribution is -2.46. The maximum absolute atomic E-state index is 12.7. The van der Waals surface area contributed by atoms with Crippen LogP contribution in [0.15, 0.2) is 53.4 Å². The molecule has 0 saturated carbocycles. The molecular weight excluding hydrogens is 280 g/mol. The van der Waals surface area contributed by atoms with Gasteiger partial charge in [0.1, 0.15) is 5.66 Å². The monoisotopic (exact) mass is 296 g/mol. The molecule has 1 N–H and O–H groups in total. The van der Waals surface area contributed by atoms with Gasteiger partial charge in [-0.15, -0.1) is 11.8 Å². The van der Waals surface area contributed by atoms with Crippen LogP contribution in [0.4, 0.5) is 0 Å². The molecule has 0 aromatic heterocycles. The third-order valence-electron chi connectivity index (χ3n) is 4.40. The van der Waals surface area contributed by atoms with Crippen molar-refractivity contribution in [3.05, 3.63) is 65.2 Å². The Morgan fingerprint density at radius 1 is 1.19 bits per heavy atom. The molecule has 2 aromatic carbocycles. The number of benzene rings is 2. The first-order chi connectivity index (χ1) is 10.3. The minimum atomic E-state index is -0.487. The molecule has 3 nitrogen and oxygen atoms in total. The van der Waals surface area contributed by atoms with Crippen LogP contribution in [0.3, 0.4) is 0 Å². The zero-order valence-corrected chi connectivity index (χ0v) is 12.6. The summed E-state index contributed by atoms with van der Waals surface area (Å²) in [4.78, 5) is 15.9. The quantitative estimate of drug-likeness (QED) is 0.865. The molecule has 1 saturated heterocycles. The first-order valence-corrected chi connectivity index (χ1v) is 8.31. The van der Waals surface area contributed by atoms with Gasteiger partial charge in [0.25, 0.3) is 5.91 Å². The van der Waals surface area contributed by atoms with Gasteiger partial charge in [-0.25, -0.2) is 0 Å². The fourth-order valence-corrected chi connectivity index (χ4v) is 3.96. The van der Waals surface area contributed by atoms with Gasteiger partial charge in [-0.1, -0.05) is 30.3 Å². The number of fused-ring (bicyclic) bond motifs is 3. The minimum absolute atomic E-state index is 0.130. The first-order valence-electron chi connectivity index (χ1n) is 7.08. The van der Waals surface area contributed by atoms with E-state index in [9.17, 15) is 4.79 Å². The molecule has 1 unspecified atom stereocenters. The van der Waals surface area contributed by atoms with E-state index < -0.39 is 5.66 Å². The predicted octanol–water partition coefficient (Wildman–Crippen LogP) is 2.67. The highest BCUT2D eigenvalue weighted by Gasteiger charge is 2.53. The van der Waals surface area contributed by atoms with Crippen molar-refractivity contribution in [1.29, 1.82) is 0 Å². The van der Waals surface area contributed by atoms with Crippen molar-refractivity contribution in [3.63, 3.8) is 0 Å². The Morgan fingerprint density at radius 3 is 2.90 bits per heavy atom. The minimum Gasteiger partial charge on any atom is -0.311 e. The number of nitrogens with one attached hydrogen (secondary N) is 1. The van der Waals surface area contributed by atoms with Gasteiger partial charge in [0.05, 0.1) is 0 Å². The molecule has 0 radical (unpaired) electrons. The Balaban J connectivity index is 1.97. The lowest BCUT2D eigenvalue weighted by atomic mass is 9.91. The molecule has 0 bridgehead atoms. The van der Waals surface area contributed by atoms with E-state index in [1.165, 1.54) is 4.90 Å². The largest absolute Gasteiger partial charge is 0.311 e. The maximum atomic E-state index is 12.7. The van der Waals surface area contributed by atoms with Gasteiger partial charge < -0.3 is 4.90 Å². The third-order valence-corrected chi connectivity index (χ3v) is 5.13. The van der Waals surface area contributed by atoms with Crippen molar-refractivity contribution >= 4 is 17.7 Å². The van der Waals surface area contributed by atoms with Gasteiger partial charge in [0.15, 0.2) is 0 Å². The van der Waals surface area contributed by atoms with Gasteiger partial charge in [0, 0.05) is 29.1 Å². The van der Waals surface area contributed by atoms with Crippen LogP contribution in [0.1, 0.15) is 21.5 Å². The average Bonchev–Trinajstić information content (AvgIpc) is 3.08. The van der Waals surface area contributed by atoms with Crippen LogP contribution in [0.5, 0.6) is 0 Å². The Hall–Kier alpha value is -1.78. The highest BCUT2D eigenvalue weighted by molar-refractivity contribution is 7.98. The summed E-state index contributed by atoms with van der Waals surface area (Å²) in [5.74, 6) is 0.130. The van der Waals surface area contributed by atoms with E-state index >= 15 is 0 Å². The van der Waals surface area contributed by atoms with Crippen molar-refractivity contribution in [2.45, 2.75) is 10.6 Å². The zero-order valence-electron chi connectivity index (χ0n) is 11.8. The van der Waals surface area contributed by atoms with Gasteiger partial charge in [-0.3, -0.25) is 10.1 Å². The number of carbonyl (C=O) groups is 1. The number of carbonyl (C=O) groups excluding carboxylic acids is 1. The number of hydrogen-bond acceptors (Lipinski definition) is 3. The second kappa shape index (κ2) is 4.61. The predicted molar refractivity (Wildman–Crippen MR) is 84.5 cm³/mol. The summed E-state index contributed by atoms with van der Waals surface area (Å²) in [5.41, 5.74) is 2.55. The lowest BCUT2D eigenvalue weighted by Gasteiger charge is -2.33. The molecule has 0 aliphatic carbocycles. The molecule has 4 heteroatoms. The van der Waals surface area contributed by atoms with Gasteiger partial charge >= 0.3 is 0 Å². The molecule has 2 aliphatic heterocycles. The average molecular weight is 296 g/mol. The van der Waals surface area contributed by atoms with E-state index in [1.807, 2.05) is 23.1 Å². The Kier molecular flexibility index (Phi) is 2.84. The maximum Gasteiger partial charge on any atom is 0.256 e. The number of rotatable bonds is 2. The summed E-state index contributed by atoms with van der Waals surface area (Å²) >= 11 is 1.72. The van der Waals surface area contributed by atoms with Crippen molar-refractivity contribution in [2.24, 2.45) is 0 Å². The normalized spacial score (nSPS) is 23.3. The molecule has 106 valence electrons. The molecule has 4 rings (SSSR count). The number of nitrogens with zero attached hydrogens (tertiary/aromatic N) is 1. The van der Waals surface area contributed by atoms with E-state index in [2.05, 4.69) is 41.9 Å². The highest BCUT2D eigenvalue weighted by atomic mass is 32.2. The van der Waals surface area contributed by atoms with Gasteiger partial charge in [0.2, 0.25) is 0 Å². The second-order valence-electron chi connectivity index (χ2n) is 5.37. The molecule has 1 amide bonds. The van der Waals surface area contributed by atoms with Crippen LogP contribution in [-0.4, -0.2) is 30.2 Å². The topological polar surface area (TPSA) is 32.3 Å². The SMILES string of the molecule is CSc1cccc(C23NCCN2C(=O)c2ccccc23)c1. The number of thioether (sulfide) groups is 1. The van der Waals surface area contributed by atoms with Gasteiger partial charge in [-0.2, -0.15) is 0 Å². The third kappa shape index (κ3) is 1.63. The molecule has 1 fully saturated rings. The molecular formula is C17H16N2OS. The van der Waals surface area contributed by atoms with Crippen molar-refractivity contribution in [1.82, 2.24) is 10.2 Å². The summed E-state index contributed by atoms with van der Waals surface area (Å²) < 4.78 is 0. The Morgan fingerprint density at radius 2 is 2.05 bits per heavy atom. The lowest BCUT2D eigenvalue weighted by molar-refractivity contribution is 0.0694. The number of amides is 1. The van der Waals surface area contributed by atoms with Crippen LogP contribution in [0.25, 0.3) is 0 Å². The molecule has 2 aromatic rings. The van der Waals surface area contributed by atoms with Crippen molar-refractivity contribution in [3.8, 4) is 0 Å². The van der Waals surface area contributed by atoms with E-state index in [-0.39, 0.29) is 5.91 Å². The Bertz CT molecular complexity index is 730. The van der Waals surface area contributed by atoms with Crippen LogP contribution in [0.2, 0.25) is 0 Å². The highest BCUT2D eigenvalue weighted by Crippen LogP contribution is 2.44. The van der Waals surface area contributed by atoms with Crippen LogP contribution in [0, 0.1) is 0 Å². The van der Waals surface area contributed by atoms with Crippen LogP contribution < -0.4 is 5.32 Å². The Labute approximate surface area is 128 Å².